The fourth-order valence-electron chi connectivity index (χ4n) is 4.43. The molecule has 168 valence electrons. The number of nitrogens with zero attached hydrogens (tertiary/aromatic N) is 4. The number of aromatic nitrogens is 3. The number of hydrogen-bond donors (Lipinski definition) is 0. The third-order valence-corrected chi connectivity index (χ3v) is 6.29. The number of carbonyl (C=O) groups excluding carboxylic acids is 1. The Bertz CT molecular complexity index is 1230. The molecule has 1 aliphatic rings. The maximum absolute atomic E-state index is 14.2. The monoisotopic (exact) mass is 438 g/mol. The molecule has 0 spiro atoms. The molecule has 5 heteroatoms. The van der Waals surface area contributed by atoms with E-state index in [4.69, 9.17) is 10.1 Å². The van der Waals surface area contributed by atoms with Gasteiger partial charge in [0.05, 0.1) is 16.6 Å². The highest BCUT2D eigenvalue weighted by Gasteiger charge is 2.30. The van der Waals surface area contributed by atoms with Crippen molar-refractivity contribution in [1.82, 2.24) is 19.7 Å². The average Bonchev–Trinajstić information content (AvgIpc) is 3.62. The summed E-state index contributed by atoms with van der Waals surface area (Å²) in [5, 5.41) is 5.64. The van der Waals surface area contributed by atoms with E-state index in [1.165, 1.54) is 0 Å². The van der Waals surface area contributed by atoms with Gasteiger partial charge in [0.1, 0.15) is 0 Å². The van der Waals surface area contributed by atoms with Crippen molar-refractivity contribution >= 4 is 16.9 Å². The lowest BCUT2D eigenvalue weighted by Gasteiger charge is -2.24. The van der Waals surface area contributed by atoms with Crippen LogP contribution >= 0.6 is 0 Å². The Hall–Kier alpha value is -3.47. The molecule has 1 aliphatic carbocycles. The van der Waals surface area contributed by atoms with Crippen molar-refractivity contribution in [2.75, 3.05) is 0 Å². The molecular weight excluding hydrogens is 408 g/mol. The lowest BCUT2D eigenvalue weighted by atomic mass is 10.0. The Morgan fingerprint density at radius 2 is 1.58 bits per heavy atom. The van der Waals surface area contributed by atoms with E-state index in [9.17, 15) is 4.79 Å². The molecule has 0 atom stereocenters. The van der Waals surface area contributed by atoms with Gasteiger partial charge in [0.2, 0.25) is 0 Å². The van der Waals surface area contributed by atoms with Crippen molar-refractivity contribution < 1.29 is 4.79 Å². The fourth-order valence-corrected chi connectivity index (χ4v) is 4.43. The molecule has 0 saturated heterocycles. The summed E-state index contributed by atoms with van der Waals surface area (Å²) in [5.74, 6) is 0.483. The van der Waals surface area contributed by atoms with Gasteiger partial charge in [-0.1, -0.05) is 60.7 Å². The first-order valence-electron chi connectivity index (χ1n) is 11.8. The van der Waals surface area contributed by atoms with Crippen LogP contribution in [0.25, 0.3) is 11.0 Å². The molecule has 0 radical (unpaired) electrons. The highest BCUT2D eigenvalue weighted by atomic mass is 16.2. The quantitative estimate of drug-likeness (QED) is 0.353. The molecule has 0 N–H and O–H groups in total. The molecule has 1 fully saturated rings. The summed E-state index contributed by atoms with van der Waals surface area (Å²) in [6.07, 6.45) is 2.28. The highest BCUT2D eigenvalue weighted by Crippen LogP contribution is 2.41. The number of hydrogen-bond acceptors (Lipinski definition) is 3. The van der Waals surface area contributed by atoms with Gasteiger partial charge in [-0.2, -0.15) is 5.10 Å². The van der Waals surface area contributed by atoms with Crippen molar-refractivity contribution in [2.24, 2.45) is 0 Å². The van der Waals surface area contributed by atoms with Crippen LogP contribution in [0.15, 0.2) is 66.7 Å². The van der Waals surface area contributed by atoms with Gasteiger partial charge >= 0.3 is 0 Å². The number of benzene rings is 2. The fraction of sp³-hybridized carbons (Fsp3) is 0.321. The van der Waals surface area contributed by atoms with Crippen LogP contribution in [-0.2, 0) is 13.1 Å². The molecule has 4 aromatic rings. The SMILES string of the molecule is Cc1nn(C(C)C)c2nc(C3CC3)cc(C(=O)N(Cc3ccccc3)Cc3ccccc3)c12. The van der Waals surface area contributed by atoms with Gasteiger partial charge in [-0.3, -0.25) is 4.79 Å². The van der Waals surface area contributed by atoms with Gasteiger partial charge in [0, 0.05) is 30.7 Å². The Morgan fingerprint density at radius 1 is 1.00 bits per heavy atom. The van der Waals surface area contributed by atoms with Crippen LogP contribution < -0.4 is 0 Å². The van der Waals surface area contributed by atoms with Crippen molar-refractivity contribution in [3.63, 3.8) is 0 Å². The Labute approximate surface area is 195 Å². The second kappa shape index (κ2) is 8.81. The summed E-state index contributed by atoms with van der Waals surface area (Å²) in [4.78, 5) is 21.1. The molecule has 33 heavy (non-hydrogen) atoms. The van der Waals surface area contributed by atoms with E-state index in [-0.39, 0.29) is 11.9 Å². The van der Waals surface area contributed by atoms with Crippen molar-refractivity contribution in [3.8, 4) is 0 Å². The molecule has 1 saturated carbocycles. The van der Waals surface area contributed by atoms with Crippen molar-refractivity contribution in [1.29, 1.82) is 0 Å². The number of amides is 1. The molecule has 5 nitrogen and oxygen atoms in total. The van der Waals surface area contributed by atoms with Crippen molar-refractivity contribution in [2.45, 2.75) is 58.7 Å². The van der Waals surface area contributed by atoms with Crippen LogP contribution in [0, 0.1) is 6.92 Å². The van der Waals surface area contributed by atoms with Gasteiger partial charge in [0.25, 0.3) is 5.91 Å². The maximum Gasteiger partial charge on any atom is 0.255 e. The van der Waals surface area contributed by atoms with Crippen LogP contribution in [-0.4, -0.2) is 25.6 Å². The minimum absolute atomic E-state index is 0.0309. The van der Waals surface area contributed by atoms with E-state index in [1.807, 2.05) is 59.0 Å². The summed E-state index contributed by atoms with van der Waals surface area (Å²) >= 11 is 0. The lowest BCUT2D eigenvalue weighted by Crippen LogP contribution is -2.30. The summed E-state index contributed by atoms with van der Waals surface area (Å²) in [6.45, 7) is 7.30. The smallest absolute Gasteiger partial charge is 0.255 e. The van der Waals surface area contributed by atoms with E-state index in [1.54, 1.807) is 0 Å². The first-order chi connectivity index (χ1) is 16.0. The Balaban J connectivity index is 1.61. The maximum atomic E-state index is 14.2. The summed E-state index contributed by atoms with van der Waals surface area (Å²) in [6, 6.07) is 22.6. The van der Waals surface area contributed by atoms with Crippen LogP contribution in [0.2, 0.25) is 0 Å². The van der Waals surface area contributed by atoms with Crippen molar-refractivity contribution in [3.05, 3.63) is 94.8 Å². The van der Waals surface area contributed by atoms with Gasteiger partial charge in [-0.15, -0.1) is 0 Å². The molecule has 2 heterocycles. The van der Waals surface area contributed by atoms with Gasteiger partial charge < -0.3 is 4.90 Å². The first kappa shape index (κ1) is 21.4. The van der Waals surface area contributed by atoms with Crippen LogP contribution in [0.5, 0.6) is 0 Å². The third-order valence-electron chi connectivity index (χ3n) is 6.29. The predicted octanol–water partition coefficient (Wildman–Crippen LogP) is 6.04. The first-order valence-corrected chi connectivity index (χ1v) is 11.8. The number of carbonyl (C=O) groups is 1. The molecule has 0 aliphatic heterocycles. The molecular formula is C28H30N4O. The zero-order valence-corrected chi connectivity index (χ0v) is 19.5. The zero-order valence-electron chi connectivity index (χ0n) is 19.5. The van der Waals surface area contributed by atoms with Crippen LogP contribution in [0.1, 0.15) is 71.5 Å². The molecule has 2 aromatic heterocycles. The van der Waals surface area contributed by atoms with E-state index < -0.39 is 0 Å². The van der Waals surface area contributed by atoms with E-state index in [2.05, 4.69) is 38.1 Å². The van der Waals surface area contributed by atoms with Gasteiger partial charge in [-0.25, -0.2) is 9.67 Å². The molecule has 2 aromatic carbocycles. The molecule has 0 unspecified atom stereocenters. The van der Waals surface area contributed by atoms with Crippen LogP contribution in [0.4, 0.5) is 0 Å². The Morgan fingerprint density at radius 3 is 2.09 bits per heavy atom. The Kier molecular flexibility index (Phi) is 5.71. The van der Waals surface area contributed by atoms with Crippen LogP contribution in [0.3, 0.4) is 0 Å². The molecule has 5 rings (SSSR count). The second-order valence-electron chi connectivity index (χ2n) is 9.32. The summed E-state index contributed by atoms with van der Waals surface area (Å²) < 4.78 is 1.96. The number of fused-ring (bicyclic) bond motifs is 1. The topological polar surface area (TPSA) is 51.0 Å². The van der Waals surface area contributed by atoms with Gasteiger partial charge in [-0.05, 0) is 50.8 Å². The average molecular weight is 439 g/mol. The van der Waals surface area contributed by atoms with E-state index in [0.29, 0.717) is 19.0 Å². The summed E-state index contributed by atoms with van der Waals surface area (Å²) in [7, 11) is 0. The highest BCUT2D eigenvalue weighted by molar-refractivity contribution is 6.06. The lowest BCUT2D eigenvalue weighted by molar-refractivity contribution is 0.0732. The zero-order chi connectivity index (χ0) is 22.9. The third kappa shape index (κ3) is 4.40. The molecule has 1 amide bonds. The number of aryl methyl sites for hydroxylation is 1. The summed E-state index contributed by atoms with van der Waals surface area (Å²) in [5.41, 5.74) is 5.66. The minimum Gasteiger partial charge on any atom is -0.330 e. The predicted molar refractivity (Wildman–Crippen MR) is 131 cm³/mol. The van der Waals surface area contributed by atoms with E-state index >= 15 is 0 Å². The minimum atomic E-state index is 0.0309. The molecule has 0 bridgehead atoms. The number of pyridine rings is 1. The van der Waals surface area contributed by atoms with E-state index in [0.717, 1.165) is 52.0 Å². The normalized spacial score (nSPS) is 13.6. The largest absolute Gasteiger partial charge is 0.330 e. The number of rotatable bonds is 7. The second-order valence-corrected chi connectivity index (χ2v) is 9.32. The van der Waals surface area contributed by atoms with Gasteiger partial charge in [0.15, 0.2) is 5.65 Å². The standard InChI is InChI=1S/C28H30N4O/c1-19(2)32-27-26(20(3)30-32)24(16-25(29-27)23-14-15-23)28(33)31(17-21-10-6-4-7-11-21)18-22-12-8-5-9-13-22/h4-13,16,19,23H,14-15,17-18H2,1-3H3.